The van der Waals surface area contributed by atoms with Crippen LogP contribution in [0.4, 0.5) is 17.5 Å². The van der Waals surface area contributed by atoms with Gasteiger partial charge in [-0.3, -0.25) is 0 Å². The molecule has 5 heterocycles. The van der Waals surface area contributed by atoms with Crippen LogP contribution in [0.2, 0.25) is 0 Å². The van der Waals surface area contributed by atoms with Gasteiger partial charge in [0, 0.05) is 42.5 Å². The van der Waals surface area contributed by atoms with Crippen LogP contribution >= 0.6 is 11.3 Å². The van der Waals surface area contributed by atoms with Crippen molar-refractivity contribution in [1.82, 2.24) is 24.8 Å². The SMILES string of the molecule is CN1CCN(c2ccc(Nc3nc(-c4cc5ccccc5s4)c4cc[nH]c4n3)cn2)CC1. The molecule has 160 valence electrons. The van der Waals surface area contributed by atoms with E-state index in [0.29, 0.717) is 5.95 Å². The first kappa shape index (κ1) is 19.2. The molecular formula is C24H23N7S. The molecular weight excluding hydrogens is 418 g/mol. The van der Waals surface area contributed by atoms with E-state index in [1.54, 1.807) is 11.3 Å². The smallest absolute Gasteiger partial charge is 0.229 e. The van der Waals surface area contributed by atoms with E-state index in [4.69, 9.17) is 4.98 Å². The van der Waals surface area contributed by atoms with Crippen LogP contribution in [-0.2, 0) is 0 Å². The predicted molar refractivity (Wildman–Crippen MR) is 132 cm³/mol. The molecule has 4 aromatic heterocycles. The van der Waals surface area contributed by atoms with E-state index in [-0.39, 0.29) is 0 Å². The van der Waals surface area contributed by atoms with Gasteiger partial charge in [-0.05, 0) is 42.8 Å². The van der Waals surface area contributed by atoms with Crippen LogP contribution in [-0.4, -0.2) is 58.1 Å². The van der Waals surface area contributed by atoms with E-state index in [9.17, 15) is 0 Å². The number of rotatable bonds is 4. The van der Waals surface area contributed by atoms with Crippen LogP contribution in [0.1, 0.15) is 0 Å². The maximum Gasteiger partial charge on any atom is 0.229 e. The first-order chi connectivity index (χ1) is 15.7. The normalized spacial score (nSPS) is 15.0. The van der Waals surface area contributed by atoms with E-state index in [2.05, 4.69) is 73.5 Å². The van der Waals surface area contributed by atoms with E-state index in [0.717, 1.165) is 59.3 Å². The fourth-order valence-corrected chi connectivity index (χ4v) is 5.16. The maximum absolute atomic E-state index is 4.88. The second-order valence-electron chi connectivity index (χ2n) is 8.10. The second kappa shape index (κ2) is 7.89. The molecule has 8 heteroatoms. The number of H-pyrrole nitrogens is 1. The molecule has 0 unspecified atom stereocenters. The number of aromatic nitrogens is 4. The summed E-state index contributed by atoms with van der Waals surface area (Å²) >= 11 is 1.75. The fraction of sp³-hybridized carbons (Fsp3) is 0.208. The Morgan fingerprint density at radius 3 is 2.69 bits per heavy atom. The number of thiophene rings is 1. The third-order valence-electron chi connectivity index (χ3n) is 5.91. The lowest BCUT2D eigenvalue weighted by atomic mass is 10.2. The molecule has 0 radical (unpaired) electrons. The van der Waals surface area contributed by atoms with Gasteiger partial charge < -0.3 is 20.1 Å². The Labute approximate surface area is 189 Å². The largest absolute Gasteiger partial charge is 0.354 e. The van der Waals surface area contributed by atoms with Gasteiger partial charge in [0.1, 0.15) is 11.5 Å². The van der Waals surface area contributed by atoms with Gasteiger partial charge >= 0.3 is 0 Å². The summed E-state index contributed by atoms with van der Waals surface area (Å²) in [6.07, 6.45) is 3.77. The molecule has 0 bridgehead atoms. The first-order valence-electron chi connectivity index (χ1n) is 10.7. The Morgan fingerprint density at radius 2 is 1.88 bits per heavy atom. The van der Waals surface area contributed by atoms with Crippen molar-refractivity contribution in [2.45, 2.75) is 0 Å². The quantitative estimate of drug-likeness (QED) is 0.420. The number of likely N-dealkylation sites (N-methyl/N-ethyl adjacent to an activating group) is 1. The number of pyridine rings is 1. The molecule has 1 aromatic carbocycles. The average molecular weight is 442 g/mol. The van der Waals surface area contributed by atoms with Crippen molar-refractivity contribution in [3.8, 4) is 10.6 Å². The van der Waals surface area contributed by atoms with Crippen LogP contribution in [0.25, 0.3) is 31.7 Å². The molecule has 1 aliphatic heterocycles. The highest BCUT2D eigenvalue weighted by molar-refractivity contribution is 7.22. The zero-order valence-electron chi connectivity index (χ0n) is 17.7. The Hall–Kier alpha value is -3.49. The molecule has 32 heavy (non-hydrogen) atoms. The molecule has 0 saturated carbocycles. The summed E-state index contributed by atoms with van der Waals surface area (Å²) in [6, 6.07) is 16.8. The number of nitrogens with one attached hydrogen (secondary N) is 2. The number of benzene rings is 1. The Morgan fingerprint density at radius 1 is 1.00 bits per heavy atom. The van der Waals surface area contributed by atoms with Crippen LogP contribution < -0.4 is 10.2 Å². The lowest BCUT2D eigenvalue weighted by molar-refractivity contribution is 0.312. The third-order valence-corrected chi connectivity index (χ3v) is 7.03. The molecule has 0 amide bonds. The molecule has 2 N–H and O–H groups in total. The van der Waals surface area contributed by atoms with Crippen LogP contribution in [0, 0.1) is 0 Å². The number of hydrogen-bond donors (Lipinski definition) is 2. The highest BCUT2D eigenvalue weighted by atomic mass is 32.1. The Bertz CT molecular complexity index is 1350. The zero-order chi connectivity index (χ0) is 21.5. The van der Waals surface area contributed by atoms with Gasteiger partial charge in [0.15, 0.2) is 0 Å². The number of nitrogens with zero attached hydrogens (tertiary/aromatic N) is 5. The van der Waals surface area contributed by atoms with Gasteiger partial charge in [0.2, 0.25) is 5.95 Å². The summed E-state index contributed by atoms with van der Waals surface area (Å²) in [6.45, 7) is 4.13. The third kappa shape index (κ3) is 3.57. The van der Waals surface area contributed by atoms with Crippen molar-refractivity contribution in [2.75, 3.05) is 43.4 Å². The van der Waals surface area contributed by atoms with Gasteiger partial charge in [-0.25, -0.2) is 9.97 Å². The number of anilines is 3. The second-order valence-corrected chi connectivity index (χ2v) is 9.19. The monoisotopic (exact) mass is 441 g/mol. The molecule has 1 aliphatic rings. The minimum atomic E-state index is 0.557. The topological polar surface area (TPSA) is 73.0 Å². The van der Waals surface area contributed by atoms with Gasteiger partial charge in [-0.15, -0.1) is 11.3 Å². The van der Waals surface area contributed by atoms with Gasteiger partial charge in [-0.1, -0.05) is 18.2 Å². The number of hydrogen-bond acceptors (Lipinski definition) is 7. The molecule has 7 nitrogen and oxygen atoms in total. The molecule has 1 fully saturated rings. The highest BCUT2D eigenvalue weighted by Crippen LogP contribution is 2.36. The minimum absolute atomic E-state index is 0.557. The average Bonchev–Trinajstić information content (AvgIpc) is 3.46. The van der Waals surface area contributed by atoms with Crippen molar-refractivity contribution >= 4 is 49.9 Å². The first-order valence-corrected chi connectivity index (χ1v) is 11.6. The number of aromatic amines is 1. The summed E-state index contributed by atoms with van der Waals surface area (Å²) in [5.41, 5.74) is 2.62. The van der Waals surface area contributed by atoms with Crippen molar-refractivity contribution in [3.05, 3.63) is 60.9 Å². The summed E-state index contributed by atoms with van der Waals surface area (Å²) < 4.78 is 1.25. The molecule has 6 rings (SSSR count). The van der Waals surface area contributed by atoms with Crippen LogP contribution in [0.5, 0.6) is 0 Å². The molecule has 0 atom stereocenters. The summed E-state index contributed by atoms with van der Waals surface area (Å²) in [5.74, 6) is 1.57. The van der Waals surface area contributed by atoms with Crippen LogP contribution in [0.3, 0.4) is 0 Å². The van der Waals surface area contributed by atoms with E-state index in [1.165, 1.54) is 10.1 Å². The van der Waals surface area contributed by atoms with E-state index in [1.807, 2.05) is 24.5 Å². The highest BCUT2D eigenvalue weighted by Gasteiger charge is 2.16. The van der Waals surface area contributed by atoms with E-state index >= 15 is 0 Å². The predicted octanol–water partition coefficient (Wildman–Crippen LogP) is 4.73. The van der Waals surface area contributed by atoms with Crippen molar-refractivity contribution in [2.24, 2.45) is 0 Å². The van der Waals surface area contributed by atoms with Crippen molar-refractivity contribution in [1.29, 1.82) is 0 Å². The lowest BCUT2D eigenvalue weighted by Gasteiger charge is -2.33. The summed E-state index contributed by atoms with van der Waals surface area (Å²) in [4.78, 5) is 23.3. The summed E-state index contributed by atoms with van der Waals surface area (Å²) in [7, 11) is 2.16. The fourth-order valence-electron chi connectivity index (χ4n) is 4.10. The standard InChI is InChI=1S/C24H23N7S/c1-30-10-12-31(13-11-30)21-7-6-17(15-26-21)27-24-28-22(18-8-9-25-23(18)29-24)20-14-16-4-2-3-5-19(16)32-20/h2-9,14-15H,10-13H2,1H3,(H2,25,27,28,29). The Balaban J connectivity index is 1.30. The van der Waals surface area contributed by atoms with Gasteiger partial charge in [0.25, 0.3) is 0 Å². The van der Waals surface area contributed by atoms with Gasteiger partial charge in [0.05, 0.1) is 22.5 Å². The lowest BCUT2D eigenvalue weighted by Crippen LogP contribution is -2.44. The molecule has 5 aromatic rings. The molecule has 0 spiro atoms. The maximum atomic E-state index is 4.88. The number of piperazine rings is 1. The Kier molecular flexibility index (Phi) is 4.74. The zero-order valence-corrected chi connectivity index (χ0v) is 18.6. The summed E-state index contributed by atoms with van der Waals surface area (Å²) in [5, 5.41) is 5.59. The van der Waals surface area contributed by atoms with Crippen molar-refractivity contribution < 1.29 is 0 Å². The number of fused-ring (bicyclic) bond motifs is 2. The minimum Gasteiger partial charge on any atom is -0.354 e. The van der Waals surface area contributed by atoms with Crippen LogP contribution in [0.15, 0.2) is 60.9 Å². The van der Waals surface area contributed by atoms with E-state index < -0.39 is 0 Å². The molecule has 1 saturated heterocycles. The van der Waals surface area contributed by atoms with Crippen molar-refractivity contribution in [3.63, 3.8) is 0 Å². The van der Waals surface area contributed by atoms with Gasteiger partial charge in [-0.2, -0.15) is 4.98 Å². The molecule has 0 aliphatic carbocycles.